The zero-order valence-corrected chi connectivity index (χ0v) is 8.17. The van der Waals surface area contributed by atoms with Gasteiger partial charge >= 0.3 is 0 Å². The van der Waals surface area contributed by atoms with Crippen molar-refractivity contribution in [2.24, 2.45) is 5.73 Å². The van der Waals surface area contributed by atoms with Crippen molar-refractivity contribution >= 4 is 17.5 Å². The van der Waals surface area contributed by atoms with Crippen LogP contribution in [0.2, 0.25) is 0 Å². The highest BCUT2D eigenvalue weighted by molar-refractivity contribution is 5.96. The fourth-order valence-electron chi connectivity index (χ4n) is 1.00. The number of hydrogen-bond acceptors (Lipinski definition) is 4. The third-order valence-corrected chi connectivity index (χ3v) is 1.76. The zero-order chi connectivity index (χ0) is 12.1. The van der Waals surface area contributed by atoms with E-state index < -0.39 is 16.7 Å². The molecule has 0 bridgehead atoms. The molecule has 16 heavy (non-hydrogen) atoms. The van der Waals surface area contributed by atoms with Gasteiger partial charge in [-0.1, -0.05) is 0 Å². The van der Waals surface area contributed by atoms with E-state index in [-0.39, 0.29) is 17.8 Å². The Morgan fingerprint density at radius 3 is 2.31 bits per heavy atom. The van der Waals surface area contributed by atoms with Crippen molar-refractivity contribution in [1.82, 2.24) is 5.32 Å². The predicted molar refractivity (Wildman–Crippen MR) is 54.6 cm³/mol. The molecular weight excluding hydrogens is 214 g/mol. The molecule has 84 valence electrons. The summed E-state index contributed by atoms with van der Waals surface area (Å²) in [7, 11) is 0. The van der Waals surface area contributed by atoms with Crippen molar-refractivity contribution in [2.75, 3.05) is 6.54 Å². The standard InChI is InChI=1S/C9H9N3O4/c10-8(13)5-11-9(14)6-1-3-7(4-2-6)12(15)16/h1-4H,5H2,(H2,10,13)(H,11,14). The number of rotatable bonds is 4. The molecule has 1 aromatic rings. The topological polar surface area (TPSA) is 115 Å². The van der Waals surface area contributed by atoms with Gasteiger partial charge in [0.15, 0.2) is 0 Å². The molecule has 0 unspecified atom stereocenters. The van der Waals surface area contributed by atoms with Gasteiger partial charge in [-0.25, -0.2) is 0 Å². The van der Waals surface area contributed by atoms with Crippen LogP contribution in [0.25, 0.3) is 0 Å². The Kier molecular flexibility index (Phi) is 3.54. The third kappa shape index (κ3) is 3.05. The van der Waals surface area contributed by atoms with Crippen molar-refractivity contribution in [3.63, 3.8) is 0 Å². The molecule has 0 aliphatic rings. The van der Waals surface area contributed by atoms with Crippen LogP contribution in [0, 0.1) is 10.1 Å². The van der Waals surface area contributed by atoms with Gasteiger partial charge < -0.3 is 11.1 Å². The number of nitro groups is 1. The number of primary amides is 1. The Morgan fingerprint density at radius 2 is 1.88 bits per heavy atom. The summed E-state index contributed by atoms with van der Waals surface area (Å²) in [4.78, 5) is 31.5. The Balaban J connectivity index is 2.70. The average Bonchev–Trinajstić information content (AvgIpc) is 2.26. The minimum absolute atomic E-state index is 0.105. The number of carbonyl (C=O) groups is 2. The number of hydrogen-bond donors (Lipinski definition) is 2. The largest absolute Gasteiger partial charge is 0.368 e. The highest BCUT2D eigenvalue weighted by Crippen LogP contribution is 2.11. The fraction of sp³-hybridized carbons (Fsp3) is 0.111. The van der Waals surface area contributed by atoms with E-state index in [0.29, 0.717) is 0 Å². The van der Waals surface area contributed by atoms with Crippen molar-refractivity contribution in [3.8, 4) is 0 Å². The molecule has 0 saturated heterocycles. The van der Waals surface area contributed by atoms with Gasteiger partial charge in [0.2, 0.25) is 5.91 Å². The lowest BCUT2D eigenvalue weighted by molar-refractivity contribution is -0.384. The van der Waals surface area contributed by atoms with Crippen molar-refractivity contribution in [1.29, 1.82) is 0 Å². The Morgan fingerprint density at radius 1 is 1.31 bits per heavy atom. The molecule has 0 heterocycles. The molecule has 0 radical (unpaired) electrons. The number of nitro benzene ring substituents is 1. The van der Waals surface area contributed by atoms with E-state index in [0.717, 1.165) is 0 Å². The van der Waals surface area contributed by atoms with E-state index in [9.17, 15) is 19.7 Å². The van der Waals surface area contributed by atoms with Crippen LogP contribution in [0.1, 0.15) is 10.4 Å². The van der Waals surface area contributed by atoms with Gasteiger partial charge in [0.05, 0.1) is 11.5 Å². The van der Waals surface area contributed by atoms with Crippen molar-refractivity contribution in [2.45, 2.75) is 0 Å². The molecule has 1 rings (SSSR count). The second kappa shape index (κ2) is 4.87. The molecule has 0 spiro atoms. The number of benzene rings is 1. The highest BCUT2D eigenvalue weighted by Gasteiger charge is 2.09. The molecule has 0 atom stereocenters. The normalized spacial score (nSPS) is 9.50. The first-order valence-corrected chi connectivity index (χ1v) is 4.31. The Hall–Kier alpha value is -2.44. The van der Waals surface area contributed by atoms with E-state index in [1.54, 1.807) is 0 Å². The molecule has 0 aliphatic heterocycles. The zero-order valence-electron chi connectivity index (χ0n) is 8.17. The van der Waals surface area contributed by atoms with Gasteiger partial charge in [-0.15, -0.1) is 0 Å². The number of nitrogens with one attached hydrogen (secondary N) is 1. The van der Waals surface area contributed by atoms with Gasteiger partial charge in [-0.2, -0.15) is 0 Å². The summed E-state index contributed by atoms with van der Waals surface area (Å²) in [6, 6.07) is 5.02. The molecule has 7 heteroatoms. The SMILES string of the molecule is NC(=O)CNC(=O)c1ccc([N+](=O)[O-])cc1. The number of nitrogens with zero attached hydrogens (tertiary/aromatic N) is 1. The lowest BCUT2D eigenvalue weighted by Gasteiger charge is -2.01. The summed E-state index contributed by atoms with van der Waals surface area (Å²) in [6.07, 6.45) is 0. The summed E-state index contributed by atoms with van der Waals surface area (Å²) in [5, 5.41) is 12.6. The second-order valence-corrected chi connectivity index (χ2v) is 2.95. The summed E-state index contributed by atoms with van der Waals surface area (Å²) in [5.74, 6) is -1.16. The molecule has 0 saturated carbocycles. The minimum atomic E-state index is -0.657. The second-order valence-electron chi connectivity index (χ2n) is 2.95. The molecule has 0 fully saturated rings. The van der Waals surface area contributed by atoms with E-state index in [1.807, 2.05) is 0 Å². The first kappa shape index (κ1) is 11.6. The minimum Gasteiger partial charge on any atom is -0.368 e. The van der Waals surface area contributed by atoms with E-state index in [2.05, 4.69) is 5.32 Å². The van der Waals surface area contributed by atoms with Crippen LogP contribution in [0.4, 0.5) is 5.69 Å². The molecule has 1 aromatic carbocycles. The Labute approximate surface area is 90.4 Å². The number of nitrogens with two attached hydrogens (primary N) is 1. The first-order chi connectivity index (χ1) is 7.50. The van der Waals surface area contributed by atoms with Gasteiger partial charge in [-0.05, 0) is 12.1 Å². The molecule has 0 aromatic heterocycles. The van der Waals surface area contributed by atoms with Gasteiger partial charge in [0.1, 0.15) is 0 Å². The van der Waals surface area contributed by atoms with Gasteiger partial charge in [0.25, 0.3) is 11.6 Å². The lowest BCUT2D eigenvalue weighted by Crippen LogP contribution is -2.33. The Bertz CT molecular complexity index is 427. The average molecular weight is 223 g/mol. The molecule has 2 amide bonds. The van der Waals surface area contributed by atoms with Gasteiger partial charge in [0, 0.05) is 17.7 Å². The maximum Gasteiger partial charge on any atom is 0.269 e. The van der Waals surface area contributed by atoms with Crippen molar-refractivity contribution < 1.29 is 14.5 Å². The van der Waals surface area contributed by atoms with Crippen LogP contribution in [-0.2, 0) is 4.79 Å². The first-order valence-electron chi connectivity index (χ1n) is 4.31. The monoisotopic (exact) mass is 223 g/mol. The molecular formula is C9H9N3O4. The van der Waals surface area contributed by atoms with Crippen LogP contribution in [0.15, 0.2) is 24.3 Å². The van der Waals surface area contributed by atoms with Crippen LogP contribution < -0.4 is 11.1 Å². The summed E-state index contributed by atoms with van der Waals surface area (Å²) >= 11 is 0. The number of carbonyl (C=O) groups excluding carboxylic acids is 2. The highest BCUT2D eigenvalue weighted by atomic mass is 16.6. The molecule has 0 aliphatic carbocycles. The van der Waals surface area contributed by atoms with Crippen molar-refractivity contribution in [3.05, 3.63) is 39.9 Å². The number of amides is 2. The summed E-state index contributed by atoms with van der Waals surface area (Å²) < 4.78 is 0. The number of non-ortho nitro benzene ring substituents is 1. The quantitative estimate of drug-likeness (QED) is 0.543. The third-order valence-electron chi connectivity index (χ3n) is 1.76. The maximum atomic E-state index is 11.3. The van der Waals surface area contributed by atoms with E-state index >= 15 is 0 Å². The molecule has 3 N–H and O–H groups in total. The predicted octanol–water partition coefficient (Wildman–Crippen LogP) is -0.190. The maximum absolute atomic E-state index is 11.3. The molecule has 7 nitrogen and oxygen atoms in total. The van der Waals surface area contributed by atoms with E-state index in [1.165, 1.54) is 24.3 Å². The van der Waals surface area contributed by atoms with Crippen LogP contribution in [0.5, 0.6) is 0 Å². The van der Waals surface area contributed by atoms with Crippen LogP contribution in [-0.4, -0.2) is 23.3 Å². The van der Waals surface area contributed by atoms with Gasteiger partial charge in [-0.3, -0.25) is 19.7 Å². The summed E-state index contributed by atoms with van der Waals surface area (Å²) in [5.41, 5.74) is 4.96. The lowest BCUT2D eigenvalue weighted by atomic mass is 10.2. The fourth-order valence-corrected chi connectivity index (χ4v) is 1.00. The smallest absolute Gasteiger partial charge is 0.269 e. The van der Waals surface area contributed by atoms with E-state index in [4.69, 9.17) is 5.73 Å². The summed E-state index contributed by atoms with van der Waals surface area (Å²) in [6.45, 7) is -0.268. The van der Waals surface area contributed by atoms with Crippen LogP contribution >= 0.6 is 0 Å². The van der Waals surface area contributed by atoms with Crippen LogP contribution in [0.3, 0.4) is 0 Å².